The molecule has 0 aromatic carbocycles. The van der Waals surface area contributed by atoms with Gasteiger partial charge in [-0.25, -0.2) is 4.68 Å². The molecule has 2 aromatic heterocycles. The van der Waals surface area contributed by atoms with Gasteiger partial charge in [-0.2, -0.15) is 4.98 Å². The quantitative estimate of drug-likeness (QED) is 0.498. The number of nitrogens with zero attached hydrogens (tertiary/aromatic N) is 4. The van der Waals surface area contributed by atoms with Crippen molar-refractivity contribution in [2.45, 2.75) is 52.6 Å². The van der Waals surface area contributed by atoms with Crippen molar-refractivity contribution in [1.82, 2.24) is 25.0 Å². The van der Waals surface area contributed by atoms with Crippen molar-refractivity contribution < 1.29 is 19.1 Å². The SMILES string of the molecule is CC(C)C(O[C@H](C)Cn1nnc2c(=O)[nH]c(N)nc21)(C(C)C)P(=O)(O)O. The average molecular weight is 388 g/mol. The van der Waals surface area contributed by atoms with Crippen LogP contribution in [0.25, 0.3) is 11.2 Å². The molecular weight excluding hydrogens is 363 g/mol. The van der Waals surface area contributed by atoms with Crippen LogP contribution in [-0.4, -0.2) is 46.2 Å². The maximum absolute atomic E-state index is 12.2. The topological polar surface area (TPSA) is 169 Å². The van der Waals surface area contributed by atoms with Crippen LogP contribution in [0.4, 0.5) is 5.95 Å². The summed E-state index contributed by atoms with van der Waals surface area (Å²) >= 11 is 0. The molecule has 0 aliphatic rings. The van der Waals surface area contributed by atoms with Gasteiger partial charge in [0.15, 0.2) is 16.5 Å². The minimum atomic E-state index is -4.58. The van der Waals surface area contributed by atoms with Crippen LogP contribution in [0.15, 0.2) is 4.79 Å². The number of H-pyrrole nitrogens is 1. The molecule has 0 spiro atoms. The second-order valence-corrected chi connectivity index (χ2v) is 8.72. The number of fused-ring (bicyclic) bond motifs is 1. The third-order valence-corrected chi connectivity index (χ3v) is 6.37. The highest BCUT2D eigenvalue weighted by atomic mass is 31.2. The average Bonchev–Trinajstić information content (AvgIpc) is 2.85. The van der Waals surface area contributed by atoms with Gasteiger partial charge in [0.05, 0.1) is 12.6 Å². The summed E-state index contributed by atoms with van der Waals surface area (Å²) in [6.45, 7) is 8.58. The second kappa shape index (κ2) is 7.07. The van der Waals surface area contributed by atoms with Crippen molar-refractivity contribution in [2.75, 3.05) is 5.73 Å². The lowest BCUT2D eigenvalue weighted by Crippen LogP contribution is -2.46. The van der Waals surface area contributed by atoms with E-state index < -0.39 is 36.4 Å². The highest BCUT2D eigenvalue weighted by Gasteiger charge is 2.54. The monoisotopic (exact) mass is 388 g/mol. The summed E-state index contributed by atoms with van der Waals surface area (Å²) in [4.78, 5) is 38.1. The molecule has 2 heterocycles. The first kappa shape index (κ1) is 20.5. The Morgan fingerprint density at radius 2 is 1.85 bits per heavy atom. The van der Waals surface area contributed by atoms with E-state index >= 15 is 0 Å². The molecule has 0 aliphatic carbocycles. The number of ether oxygens (including phenoxy) is 1. The van der Waals surface area contributed by atoms with E-state index in [9.17, 15) is 19.1 Å². The maximum atomic E-state index is 12.2. The Labute approximate surface area is 150 Å². The molecule has 2 aromatic rings. The second-order valence-electron chi connectivity index (χ2n) is 6.93. The van der Waals surface area contributed by atoms with Gasteiger partial charge in [0, 0.05) is 0 Å². The van der Waals surface area contributed by atoms with Crippen LogP contribution in [0, 0.1) is 11.8 Å². The van der Waals surface area contributed by atoms with Gasteiger partial charge >= 0.3 is 7.60 Å². The molecule has 2 rings (SSSR count). The van der Waals surface area contributed by atoms with Gasteiger partial charge < -0.3 is 20.3 Å². The van der Waals surface area contributed by atoms with Gasteiger partial charge in [0.2, 0.25) is 5.95 Å². The van der Waals surface area contributed by atoms with Crippen LogP contribution < -0.4 is 11.3 Å². The highest BCUT2D eigenvalue weighted by molar-refractivity contribution is 7.53. The van der Waals surface area contributed by atoms with Crippen LogP contribution in [-0.2, 0) is 15.8 Å². The first-order valence-electron chi connectivity index (χ1n) is 8.22. The Balaban J connectivity index is 2.36. The third-order valence-electron chi connectivity index (χ3n) is 4.32. The van der Waals surface area contributed by atoms with Crippen LogP contribution in [0.1, 0.15) is 34.6 Å². The molecular formula is C14H25N6O5P. The minimum Gasteiger partial charge on any atom is -0.369 e. The van der Waals surface area contributed by atoms with Gasteiger partial charge in [-0.15, -0.1) is 5.10 Å². The Bertz CT molecular complexity index is 878. The fraction of sp³-hybridized carbons (Fsp3) is 0.714. The predicted molar refractivity (Wildman–Crippen MR) is 95.4 cm³/mol. The molecule has 1 atom stereocenters. The van der Waals surface area contributed by atoms with Crippen LogP contribution in [0.3, 0.4) is 0 Å². The van der Waals surface area contributed by atoms with Crippen molar-refractivity contribution in [3.63, 3.8) is 0 Å². The van der Waals surface area contributed by atoms with Gasteiger partial charge in [-0.05, 0) is 18.8 Å². The number of anilines is 1. The molecule has 146 valence electrons. The summed E-state index contributed by atoms with van der Waals surface area (Å²) in [5, 5.41) is 6.00. The molecule has 0 saturated carbocycles. The van der Waals surface area contributed by atoms with Crippen molar-refractivity contribution in [3.8, 4) is 0 Å². The van der Waals surface area contributed by atoms with Crippen LogP contribution in [0.2, 0.25) is 0 Å². The minimum absolute atomic E-state index is 0.0281. The summed E-state index contributed by atoms with van der Waals surface area (Å²) in [6.07, 6.45) is -0.639. The summed E-state index contributed by atoms with van der Waals surface area (Å²) in [7, 11) is -4.58. The summed E-state index contributed by atoms with van der Waals surface area (Å²) in [5.41, 5.74) is 5.25. The molecule has 11 nitrogen and oxygen atoms in total. The van der Waals surface area contributed by atoms with Gasteiger partial charge in [-0.3, -0.25) is 14.3 Å². The summed E-state index contributed by atoms with van der Waals surface area (Å²) in [5.74, 6) is -0.946. The molecule has 0 amide bonds. The Hall–Kier alpha value is -1.81. The zero-order valence-electron chi connectivity index (χ0n) is 15.4. The zero-order valence-corrected chi connectivity index (χ0v) is 16.3. The number of aromatic nitrogens is 5. The number of hydrogen-bond donors (Lipinski definition) is 4. The zero-order chi connectivity index (χ0) is 19.9. The van der Waals surface area contributed by atoms with Crippen molar-refractivity contribution in [1.29, 1.82) is 0 Å². The van der Waals surface area contributed by atoms with E-state index in [2.05, 4.69) is 20.3 Å². The molecule has 0 bridgehead atoms. The standard InChI is InChI=1S/C14H25N6O5P/c1-7(2)14(8(3)4,26(22,23)24)25-9(5)6-20-11-10(18-19-20)12(21)17-13(15)16-11/h7-9H,6H2,1-5H3,(H2,22,23,24)(H3,15,16,17,21)/t9-/m1/s1. The van der Waals surface area contributed by atoms with Crippen LogP contribution in [0.5, 0.6) is 0 Å². The Kier molecular flexibility index (Phi) is 5.57. The predicted octanol–water partition coefficient (Wildman–Crippen LogP) is 0.688. The van der Waals surface area contributed by atoms with Gasteiger partial charge in [0.25, 0.3) is 5.56 Å². The lowest BCUT2D eigenvalue weighted by Gasteiger charge is -2.42. The lowest BCUT2D eigenvalue weighted by molar-refractivity contribution is -0.104. The van der Waals surface area contributed by atoms with Crippen molar-refractivity contribution in [3.05, 3.63) is 10.4 Å². The molecule has 26 heavy (non-hydrogen) atoms. The Morgan fingerprint density at radius 3 is 2.35 bits per heavy atom. The first-order valence-corrected chi connectivity index (χ1v) is 9.83. The number of nitrogen functional groups attached to an aromatic ring is 1. The largest absolute Gasteiger partial charge is 0.369 e. The number of nitrogens with one attached hydrogen (secondary N) is 1. The van der Waals surface area contributed by atoms with E-state index in [0.29, 0.717) is 0 Å². The van der Waals surface area contributed by atoms with Crippen molar-refractivity contribution >= 4 is 24.7 Å². The number of nitrogens with two attached hydrogens (primary N) is 1. The molecule has 0 fully saturated rings. The smallest absolute Gasteiger partial charge is 0.357 e. The molecule has 0 radical (unpaired) electrons. The van der Waals surface area contributed by atoms with Crippen molar-refractivity contribution in [2.24, 2.45) is 11.8 Å². The van der Waals surface area contributed by atoms with Gasteiger partial charge in [-0.1, -0.05) is 32.9 Å². The fourth-order valence-corrected chi connectivity index (χ4v) is 4.95. The third kappa shape index (κ3) is 3.52. The van der Waals surface area contributed by atoms with E-state index in [1.807, 2.05) is 0 Å². The first-order chi connectivity index (χ1) is 11.9. The molecule has 12 heteroatoms. The highest BCUT2D eigenvalue weighted by Crippen LogP contribution is 2.59. The summed E-state index contributed by atoms with van der Waals surface area (Å²) in [6, 6.07) is 0. The van der Waals surface area contributed by atoms with Gasteiger partial charge in [0.1, 0.15) is 0 Å². The lowest BCUT2D eigenvalue weighted by atomic mass is 9.95. The molecule has 0 unspecified atom stereocenters. The Morgan fingerprint density at radius 1 is 1.27 bits per heavy atom. The maximum Gasteiger partial charge on any atom is 0.357 e. The summed E-state index contributed by atoms with van der Waals surface area (Å²) < 4.78 is 19.5. The van der Waals surface area contributed by atoms with E-state index in [0.717, 1.165) is 0 Å². The number of hydrogen-bond acceptors (Lipinski definition) is 7. The van der Waals surface area contributed by atoms with E-state index in [1.54, 1.807) is 34.6 Å². The van der Waals surface area contributed by atoms with E-state index in [-0.39, 0.29) is 23.7 Å². The molecule has 0 saturated heterocycles. The normalized spacial score (nSPS) is 14.5. The fourth-order valence-electron chi connectivity index (χ4n) is 3.29. The molecule has 5 N–H and O–H groups in total. The van der Waals surface area contributed by atoms with Crippen LogP contribution >= 0.6 is 7.60 Å². The number of rotatable bonds is 7. The molecule has 0 aliphatic heterocycles. The van der Waals surface area contributed by atoms with E-state index in [4.69, 9.17) is 10.5 Å². The number of aromatic amines is 1. The van der Waals surface area contributed by atoms with E-state index in [1.165, 1.54) is 4.68 Å².